The Bertz CT molecular complexity index is 738. The summed E-state index contributed by atoms with van der Waals surface area (Å²) in [5, 5.41) is 5.71. The summed E-state index contributed by atoms with van der Waals surface area (Å²) in [6, 6.07) is 14.1. The predicted molar refractivity (Wildman–Crippen MR) is 101 cm³/mol. The van der Waals surface area contributed by atoms with Crippen LogP contribution in [0, 0.1) is 0 Å². The smallest absolute Gasteiger partial charge is 0.314 e. The lowest BCUT2D eigenvalue weighted by atomic mass is 10.1. The van der Waals surface area contributed by atoms with Gasteiger partial charge >= 0.3 is 11.8 Å². The second-order valence-electron chi connectivity index (χ2n) is 6.01. The number of hydrogen-bond acceptors (Lipinski definition) is 3. The molecule has 2 N–H and O–H groups in total. The Kier molecular flexibility index (Phi) is 5.56. The summed E-state index contributed by atoms with van der Waals surface area (Å²) in [5.41, 5.74) is 2.25. The molecule has 0 atom stereocenters. The highest BCUT2D eigenvalue weighted by molar-refractivity contribution is 6.43. The van der Waals surface area contributed by atoms with E-state index in [0.717, 1.165) is 18.8 Å². The Labute approximate surface area is 152 Å². The molecule has 2 aromatic carbocycles. The van der Waals surface area contributed by atoms with Crippen LogP contribution in [0.1, 0.15) is 19.3 Å². The molecule has 3 rings (SSSR count). The molecule has 0 radical (unpaired) electrons. The first-order chi connectivity index (χ1) is 12.1. The summed E-state index contributed by atoms with van der Waals surface area (Å²) in [4.78, 5) is 26.3. The fourth-order valence-electron chi connectivity index (χ4n) is 2.82. The van der Waals surface area contributed by atoms with Gasteiger partial charge in [0, 0.05) is 35.2 Å². The van der Waals surface area contributed by atoms with Gasteiger partial charge in [-0.05, 0) is 67.8 Å². The molecule has 0 spiro atoms. The molecule has 1 aliphatic heterocycles. The van der Waals surface area contributed by atoms with Gasteiger partial charge in [-0.1, -0.05) is 11.6 Å². The van der Waals surface area contributed by atoms with E-state index in [2.05, 4.69) is 15.5 Å². The molecule has 0 aliphatic carbocycles. The minimum absolute atomic E-state index is 0.519. The first-order valence-electron chi connectivity index (χ1n) is 8.35. The normalized spacial score (nSPS) is 14.0. The summed E-state index contributed by atoms with van der Waals surface area (Å²) in [7, 11) is 0. The van der Waals surface area contributed by atoms with Crippen molar-refractivity contribution in [1.82, 2.24) is 0 Å². The number of piperidine rings is 1. The summed E-state index contributed by atoms with van der Waals surface area (Å²) in [6.45, 7) is 2.13. The fraction of sp³-hybridized carbons (Fsp3) is 0.263. The molecule has 0 bridgehead atoms. The molecule has 0 saturated carbocycles. The van der Waals surface area contributed by atoms with E-state index in [0.29, 0.717) is 16.4 Å². The lowest BCUT2D eigenvalue weighted by Crippen LogP contribution is -2.30. The highest BCUT2D eigenvalue weighted by atomic mass is 35.5. The Morgan fingerprint density at radius 1 is 0.760 bits per heavy atom. The quantitative estimate of drug-likeness (QED) is 0.819. The molecule has 5 nitrogen and oxygen atoms in total. The van der Waals surface area contributed by atoms with Crippen LogP contribution in [0.4, 0.5) is 17.1 Å². The average molecular weight is 358 g/mol. The number of hydrogen-bond donors (Lipinski definition) is 2. The molecule has 2 aromatic rings. The maximum atomic E-state index is 12.0. The molecule has 1 saturated heterocycles. The summed E-state index contributed by atoms with van der Waals surface area (Å²) in [6.07, 6.45) is 3.71. The fourth-order valence-corrected chi connectivity index (χ4v) is 2.94. The topological polar surface area (TPSA) is 61.4 Å². The van der Waals surface area contributed by atoms with Gasteiger partial charge in [-0.2, -0.15) is 0 Å². The van der Waals surface area contributed by atoms with Crippen LogP contribution in [0.5, 0.6) is 0 Å². The number of nitrogens with one attached hydrogen (secondary N) is 2. The average Bonchev–Trinajstić information content (AvgIpc) is 2.65. The first-order valence-corrected chi connectivity index (χ1v) is 8.72. The van der Waals surface area contributed by atoms with Gasteiger partial charge in [0.1, 0.15) is 0 Å². The largest absolute Gasteiger partial charge is 0.372 e. The maximum Gasteiger partial charge on any atom is 0.314 e. The van der Waals surface area contributed by atoms with E-state index < -0.39 is 11.8 Å². The van der Waals surface area contributed by atoms with E-state index in [9.17, 15) is 9.59 Å². The van der Waals surface area contributed by atoms with Crippen LogP contribution in [-0.2, 0) is 9.59 Å². The molecule has 130 valence electrons. The van der Waals surface area contributed by atoms with E-state index in [1.807, 2.05) is 24.3 Å². The second kappa shape index (κ2) is 8.03. The minimum Gasteiger partial charge on any atom is -0.372 e. The van der Waals surface area contributed by atoms with E-state index >= 15 is 0 Å². The molecule has 1 fully saturated rings. The van der Waals surface area contributed by atoms with Gasteiger partial charge < -0.3 is 15.5 Å². The van der Waals surface area contributed by atoms with Crippen molar-refractivity contribution in [3.8, 4) is 0 Å². The van der Waals surface area contributed by atoms with Gasteiger partial charge in [0.05, 0.1) is 0 Å². The van der Waals surface area contributed by atoms with Gasteiger partial charge in [0.15, 0.2) is 0 Å². The van der Waals surface area contributed by atoms with Crippen molar-refractivity contribution in [2.75, 3.05) is 28.6 Å². The van der Waals surface area contributed by atoms with Crippen molar-refractivity contribution >= 4 is 40.5 Å². The van der Waals surface area contributed by atoms with E-state index in [4.69, 9.17) is 11.6 Å². The predicted octanol–water partition coefficient (Wildman–Crippen LogP) is 3.91. The second-order valence-corrected chi connectivity index (χ2v) is 6.45. The van der Waals surface area contributed by atoms with Crippen molar-refractivity contribution < 1.29 is 9.59 Å². The van der Waals surface area contributed by atoms with Crippen molar-refractivity contribution in [3.63, 3.8) is 0 Å². The number of carbonyl (C=O) groups is 2. The Morgan fingerprint density at radius 2 is 1.24 bits per heavy atom. The maximum absolute atomic E-state index is 12.0. The molecule has 25 heavy (non-hydrogen) atoms. The van der Waals surface area contributed by atoms with Crippen LogP contribution in [-0.4, -0.2) is 24.9 Å². The third-order valence-electron chi connectivity index (χ3n) is 4.15. The van der Waals surface area contributed by atoms with Crippen LogP contribution < -0.4 is 15.5 Å². The third-order valence-corrected chi connectivity index (χ3v) is 4.41. The number of anilines is 3. The molecule has 0 unspecified atom stereocenters. The highest BCUT2D eigenvalue weighted by Gasteiger charge is 2.15. The molecule has 1 heterocycles. The van der Waals surface area contributed by atoms with Crippen LogP contribution in [0.15, 0.2) is 48.5 Å². The van der Waals surface area contributed by atoms with Crippen LogP contribution in [0.25, 0.3) is 0 Å². The van der Waals surface area contributed by atoms with E-state index in [-0.39, 0.29) is 0 Å². The zero-order valence-electron chi connectivity index (χ0n) is 13.8. The first kappa shape index (κ1) is 17.3. The molecular weight excluding hydrogens is 338 g/mol. The van der Waals surface area contributed by atoms with Crippen molar-refractivity contribution in [2.24, 2.45) is 0 Å². The third kappa shape index (κ3) is 4.73. The zero-order chi connectivity index (χ0) is 17.6. The van der Waals surface area contributed by atoms with Crippen molar-refractivity contribution in [1.29, 1.82) is 0 Å². The van der Waals surface area contributed by atoms with Gasteiger partial charge in [-0.15, -0.1) is 0 Å². The van der Waals surface area contributed by atoms with Gasteiger partial charge in [-0.3, -0.25) is 9.59 Å². The van der Waals surface area contributed by atoms with E-state index in [1.54, 1.807) is 24.3 Å². The number of amides is 2. The number of benzene rings is 2. The molecule has 6 heteroatoms. The molecule has 0 aromatic heterocycles. The molecule has 1 aliphatic rings. The Balaban J connectivity index is 1.56. The number of nitrogens with zero attached hydrogens (tertiary/aromatic N) is 1. The highest BCUT2D eigenvalue weighted by Crippen LogP contribution is 2.22. The molecular formula is C19H20ClN3O2. The van der Waals surface area contributed by atoms with Crippen molar-refractivity contribution in [2.45, 2.75) is 19.3 Å². The minimum atomic E-state index is -0.720. The number of carbonyl (C=O) groups excluding carboxylic acids is 2. The summed E-state index contributed by atoms with van der Waals surface area (Å²) < 4.78 is 0. The number of halogens is 1. The summed E-state index contributed by atoms with van der Waals surface area (Å²) >= 11 is 5.79. The van der Waals surface area contributed by atoms with Crippen LogP contribution in [0.2, 0.25) is 5.02 Å². The van der Waals surface area contributed by atoms with Crippen molar-refractivity contribution in [3.05, 3.63) is 53.6 Å². The SMILES string of the molecule is O=C(Nc1ccc(Cl)cc1)C(=O)Nc1ccc(N2CCCCC2)cc1. The van der Waals surface area contributed by atoms with Crippen LogP contribution >= 0.6 is 11.6 Å². The lowest BCUT2D eigenvalue weighted by Gasteiger charge is -2.28. The van der Waals surface area contributed by atoms with Gasteiger partial charge in [0.25, 0.3) is 0 Å². The Hall–Kier alpha value is -2.53. The van der Waals surface area contributed by atoms with Gasteiger partial charge in [-0.25, -0.2) is 0 Å². The summed E-state index contributed by atoms with van der Waals surface area (Å²) in [5.74, 6) is -1.43. The van der Waals surface area contributed by atoms with Gasteiger partial charge in [0.2, 0.25) is 0 Å². The van der Waals surface area contributed by atoms with Crippen LogP contribution in [0.3, 0.4) is 0 Å². The molecule has 2 amide bonds. The van der Waals surface area contributed by atoms with E-state index in [1.165, 1.54) is 19.3 Å². The zero-order valence-corrected chi connectivity index (χ0v) is 14.6. The number of rotatable bonds is 3. The Morgan fingerprint density at radius 3 is 1.76 bits per heavy atom. The monoisotopic (exact) mass is 357 g/mol. The standard InChI is InChI=1S/C19H20ClN3O2/c20-14-4-6-15(7-5-14)21-18(24)19(25)22-16-8-10-17(11-9-16)23-12-2-1-3-13-23/h4-11H,1-3,12-13H2,(H,21,24)(H,22,25). The lowest BCUT2D eigenvalue weighted by molar-refractivity contribution is -0.132.